The molecule has 1 unspecified atom stereocenters. The fourth-order valence-corrected chi connectivity index (χ4v) is 2.43. The second-order valence-corrected chi connectivity index (χ2v) is 5.55. The van der Waals surface area contributed by atoms with Gasteiger partial charge in [-0.2, -0.15) is 0 Å². The molecule has 0 spiro atoms. The number of esters is 1. The maximum atomic E-state index is 13.7. The number of aryl methyl sites for hydroxylation is 1. The fourth-order valence-electron chi connectivity index (χ4n) is 2.43. The quantitative estimate of drug-likeness (QED) is 0.820. The molecule has 0 saturated heterocycles. The number of ether oxygens (including phenoxy) is 1. The summed E-state index contributed by atoms with van der Waals surface area (Å²) in [5.74, 6) is -1.02. The van der Waals surface area contributed by atoms with Crippen LogP contribution >= 0.6 is 0 Å². The van der Waals surface area contributed by atoms with Gasteiger partial charge < -0.3 is 14.3 Å². The number of methoxy groups -OCH3 is 1. The van der Waals surface area contributed by atoms with Gasteiger partial charge in [0.25, 0.3) is 0 Å². The molecule has 1 heterocycles. The maximum absolute atomic E-state index is 13.7. The lowest BCUT2D eigenvalue weighted by atomic mass is 10.1. The van der Waals surface area contributed by atoms with Gasteiger partial charge in [0.15, 0.2) is 0 Å². The summed E-state index contributed by atoms with van der Waals surface area (Å²) in [6, 6.07) is 4.62. The van der Waals surface area contributed by atoms with Gasteiger partial charge in [-0.25, -0.2) is 13.6 Å². The van der Waals surface area contributed by atoms with E-state index in [1.807, 2.05) is 0 Å². The van der Waals surface area contributed by atoms with Crippen molar-refractivity contribution >= 4 is 5.97 Å². The van der Waals surface area contributed by atoms with Crippen LogP contribution in [0.3, 0.4) is 0 Å². The second-order valence-electron chi connectivity index (χ2n) is 5.55. The number of rotatable bonds is 6. The minimum Gasteiger partial charge on any atom is -0.465 e. The second kappa shape index (κ2) is 7.55. The molecule has 1 atom stereocenters. The summed E-state index contributed by atoms with van der Waals surface area (Å²) in [6.45, 7) is 2.06. The number of likely N-dealkylation sites (N-methyl/N-ethyl adjacent to an activating group) is 1. The van der Waals surface area contributed by atoms with Crippen LogP contribution in [0, 0.1) is 18.6 Å². The van der Waals surface area contributed by atoms with E-state index in [4.69, 9.17) is 4.42 Å². The predicted octanol–water partition coefficient (Wildman–Crippen LogP) is 2.82. The lowest BCUT2D eigenvalue weighted by molar-refractivity contribution is 0.0598. The van der Waals surface area contributed by atoms with Crippen molar-refractivity contribution in [2.75, 3.05) is 20.7 Å². The van der Waals surface area contributed by atoms with E-state index >= 15 is 0 Å². The Labute approximate surface area is 138 Å². The van der Waals surface area contributed by atoms with E-state index in [-0.39, 0.29) is 12.1 Å². The first-order chi connectivity index (χ1) is 11.3. The number of furan rings is 1. The molecule has 0 aliphatic rings. The summed E-state index contributed by atoms with van der Waals surface area (Å²) in [7, 11) is 2.99. The first-order valence-electron chi connectivity index (χ1n) is 7.31. The summed E-state index contributed by atoms with van der Waals surface area (Å²) in [5, 5.41) is 10.1. The van der Waals surface area contributed by atoms with Crippen molar-refractivity contribution in [1.29, 1.82) is 0 Å². The first kappa shape index (κ1) is 18.1. The summed E-state index contributed by atoms with van der Waals surface area (Å²) < 4.78 is 36.7. The largest absolute Gasteiger partial charge is 0.465 e. The van der Waals surface area contributed by atoms with Crippen molar-refractivity contribution in [2.24, 2.45) is 0 Å². The number of hydrogen-bond donors (Lipinski definition) is 1. The van der Waals surface area contributed by atoms with Crippen molar-refractivity contribution in [3.05, 3.63) is 58.5 Å². The molecule has 5 nitrogen and oxygen atoms in total. The molecule has 0 aliphatic carbocycles. The van der Waals surface area contributed by atoms with Crippen LogP contribution in [0.4, 0.5) is 8.78 Å². The van der Waals surface area contributed by atoms with Crippen LogP contribution in [0.5, 0.6) is 0 Å². The molecule has 1 aromatic heterocycles. The number of halogens is 2. The monoisotopic (exact) mass is 339 g/mol. The number of carbonyl (C=O) groups is 1. The summed E-state index contributed by atoms with van der Waals surface area (Å²) in [6.07, 6.45) is -1.12. The van der Waals surface area contributed by atoms with Crippen molar-refractivity contribution in [1.82, 2.24) is 4.90 Å². The van der Waals surface area contributed by atoms with Crippen LogP contribution in [0.1, 0.15) is 33.5 Å². The molecule has 2 rings (SSSR count). The first-order valence-corrected chi connectivity index (χ1v) is 7.31. The highest BCUT2D eigenvalue weighted by atomic mass is 19.1. The zero-order valence-electron chi connectivity index (χ0n) is 13.7. The smallest absolute Gasteiger partial charge is 0.341 e. The van der Waals surface area contributed by atoms with E-state index in [2.05, 4.69) is 4.74 Å². The van der Waals surface area contributed by atoms with Gasteiger partial charge >= 0.3 is 5.97 Å². The Bertz CT molecular complexity index is 729. The predicted molar refractivity (Wildman–Crippen MR) is 82.4 cm³/mol. The van der Waals surface area contributed by atoms with Gasteiger partial charge in [-0.3, -0.25) is 4.90 Å². The number of benzene rings is 1. The Hall–Kier alpha value is -2.25. The van der Waals surface area contributed by atoms with E-state index in [0.717, 1.165) is 12.1 Å². The average molecular weight is 339 g/mol. The van der Waals surface area contributed by atoms with Crippen LogP contribution in [0.25, 0.3) is 0 Å². The minimum absolute atomic E-state index is 0.0223. The molecule has 7 heteroatoms. The number of nitrogens with zero attached hydrogens (tertiary/aromatic N) is 1. The van der Waals surface area contributed by atoms with E-state index in [1.165, 1.54) is 13.2 Å². The third-order valence-corrected chi connectivity index (χ3v) is 3.61. The molecule has 0 aliphatic heterocycles. The van der Waals surface area contributed by atoms with Gasteiger partial charge in [0.1, 0.15) is 28.7 Å². The molecular weight excluding hydrogens is 320 g/mol. The van der Waals surface area contributed by atoms with Crippen molar-refractivity contribution in [3.8, 4) is 0 Å². The van der Waals surface area contributed by atoms with E-state index in [9.17, 15) is 18.7 Å². The molecule has 1 aromatic carbocycles. The molecule has 0 amide bonds. The van der Waals surface area contributed by atoms with Gasteiger partial charge in [-0.15, -0.1) is 0 Å². The van der Waals surface area contributed by atoms with Gasteiger partial charge in [0.05, 0.1) is 19.8 Å². The summed E-state index contributed by atoms with van der Waals surface area (Å²) in [4.78, 5) is 13.3. The normalized spacial score (nSPS) is 12.5. The van der Waals surface area contributed by atoms with Crippen LogP contribution in [-0.2, 0) is 11.3 Å². The lowest BCUT2D eigenvalue weighted by Gasteiger charge is -2.20. The molecule has 0 bridgehead atoms. The number of carbonyl (C=O) groups excluding carboxylic acids is 1. The standard InChI is InChI=1S/C17H19F2NO4/c1-10-14(17(22)23-3)7-12(24-10)8-20(2)9-16(21)13-5-4-11(18)6-15(13)19/h4-7,16,21H,8-9H2,1-3H3. The zero-order valence-corrected chi connectivity index (χ0v) is 13.7. The Morgan fingerprint density at radius 2 is 2.08 bits per heavy atom. The van der Waals surface area contributed by atoms with E-state index in [0.29, 0.717) is 23.6 Å². The highest BCUT2D eigenvalue weighted by Gasteiger charge is 2.19. The molecule has 24 heavy (non-hydrogen) atoms. The number of hydrogen-bond acceptors (Lipinski definition) is 5. The van der Waals surface area contributed by atoms with Gasteiger partial charge in [0, 0.05) is 18.2 Å². The van der Waals surface area contributed by atoms with Gasteiger partial charge in [0.2, 0.25) is 0 Å². The van der Waals surface area contributed by atoms with Crippen LogP contribution in [0.15, 0.2) is 28.7 Å². The molecule has 0 saturated carbocycles. The van der Waals surface area contributed by atoms with Gasteiger partial charge in [-0.1, -0.05) is 6.07 Å². The molecule has 1 N–H and O–H groups in total. The Kier molecular flexibility index (Phi) is 5.69. The Balaban J connectivity index is 2.02. The molecular formula is C17H19F2NO4. The third-order valence-electron chi connectivity index (χ3n) is 3.61. The number of aliphatic hydroxyl groups excluding tert-OH is 1. The van der Waals surface area contributed by atoms with Gasteiger partial charge in [-0.05, 0) is 26.1 Å². The Morgan fingerprint density at radius 1 is 1.38 bits per heavy atom. The van der Waals surface area contributed by atoms with E-state index < -0.39 is 23.7 Å². The van der Waals surface area contributed by atoms with Crippen LogP contribution in [0.2, 0.25) is 0 Å². The average Bonchev–Trinajstić information content (AvgIpc) is 2.86. The molecule has 0 radical (unpaired) electrons. The number of aliphatic hydroxyl groups is 1. The highest BCUT2D eigenvalue weighted by molar-refractivity contribution is 5.90. The van der Waals surface area contributed by atoms with Crippen molar-refractivity contribution in [2.45, 2.75) is 19.6 Å². The molecule has 0 fully saturated rings. The summed E-state index contributed by atoms with van der Waals surface area (Å²) in [5.41, 5.74) is 0.361. The van der Waals surface area contributed by atoms with Crippen LogP contribution in [-0.4, -0.2) is 36.7 Å². The molecule has 2 aromatic rings. The van der Waals surface area contributed by atoms with Crippen molar-refractivity contribution < 1.29 is 27.8 Å². The highest BCUT2D eigenvalue weighted by Crippen LogP contribution is 2.21. The fraction of sp³-hybridized carbons (Fsp3) is 0.353. The maximum Gasteiger partial charge on any atom is 0.341 e. The van der Waals surface area contributed by atoms with E-state index in [1.54, 1.807) is 24.9 Å². The lowest BCUT2D eigenvalue weighted by Crippen LogP contribution is -2.24. The minimum atomic E-state index is -1.12. The molecule has 130 valence electrons. The topological polar surface area (TPSA) is 62.9 Å². The third kappa shape index (κ3) is 4.18. The SMILES string of the molecule is COC(=O)c1cc(CN(C)CC(O)c2ccc(F)cc2F)oc1C. The van der Waals surface area contributed by atoms with Crippen LogP contribution < -0.4 is 0 Å². The summed E-state index contributed by atoms with van der Waals surface area (Å²) >= 11 is 0. The van der Waals surface area contributed by atoms with Crippen molar-refractivity contribution in [3.63, 3.8) is 0 Å². The Morgan fingerprint density at radius 3 is 2.71 bits per heavy atom. The zero-order chi connectivity index (χ0) is 17.9.